The summed E-state index contributed by atoms with van der Waals surface area (Å²) >= 11 is 3.32. The average molecular weight is 336 g/mol. The van der Waals surface area contributed by atoms with Crippen LogP contribution in [0.1, 0.15) is 18.4 Å². The minimum absolute atomic E-state index is 0.112. The standard InChI is InChI=1S/C11H14BrNO4S/c12-10-5-2-1-4-9(10)8-13-18(16,17)7-3-6-11(14)15/h1-2,4-5,13H,3,6-8H2,(H,14,15). The number of sulfonamides is 1. The average Bonchev–Trinajstić information content (AvgIpc) is 2.27. The molecule has 1 rings (SSSR count). The second-order valence-corrected chi connectivity index (χ2v) is 6.51. The highest BCUT2D eigenvalue weighted by Crippen LogP contribution is 2.15. The van der Waals surface area contributed by atoms with Crippen molar-refractivity contribution in [1.82, 2.24) is 4.72 Å². The highest BCUT2D eigenvalue weighted by atomic mass is 79.9. The molecule has 0 aliphatic rings. The molecule has 1 aromatic rings. The number of halogens is 1. The van der Waals surface area contributed by atoms with Crippen molar-refractivity contribution in [3.8, 4) is 0 Å². The Kier molecular flexibility index (Phi) is 5.77. The molecule has 5 nitrogen and oxygen atoms in total. The van der Waals surface area contributed by atoms with Gasteiger partial charge < -0.3 is 5.11 Å². The van der Waals surface area contributed by atoms with Gasteiger partial charge in [0.1, 0.15) is 0 Å². The first-order chi connectivity index (χ1) is 8.41. The largest absolute Gasteiger partial charge is 0.481 e. The summed E-state index contributed by atoms with van der Waals surface area (Å²) in [7, 11) is -3.43. The maximum Gasteiger partial charge on any atom is 0.303 e. The molecule has 0 heterocycles. The van der Waals surface area contributed by atoms with Crippen molar-refractivity contribution in [3.05, 3.63) is 34.3 Å². The third kappa shape index (κ3) is 5.61. The van der Waals surface area contributed by atoms with Crippen LogP contribution in [0.15, 0.2) is 28.7 Å². The van der Waals surface area contributed by atoms with E-state index < -0.39 is 16.0 Å². The molecule has 1 aromatic carbocycles. The van der Waals surface area contributed by atoms with Crippen LogP contribution in [-0.4, -0.2) is 25.2 Å². The van der Waals surface area contributed by atoms with Crippen molar-refractivity contribution in [3.63, 3.8) is 0 Å². The monoisotopic (exact) mass is 335 g/mol. The van der Waals surface area contributed by atoms with Crippen molar-refractivity contribution in [2.24, 2.45) is 0 Å². The smallest absolute Gasteiger partial charge is 0.303 e. The van der Waals surface area contributed by atoms with Crippen LogP contribution in [0.3, 0.4) is 0 Å². The maximum atomic E-state index is 11.6. The first-order valence-corrected chi connectivity index (χ1v) is 7.78. The van der Waals surface area contributed by atoms with E-state index >= 15 is 0 Å². The van der Waals surface area contributed by atoms with Gasteiger partial charge in [0.15, 0.2) is 0 Å². The zero-order valence-electron chi connectivity index (χ0n) is 9.60. The summed E-state index contributed by atoms with van der Waals surface area (Å²) < 4.78 is 26.4. The zero-order valence-corrected chi connectivity index (χ0v) is 12.0. The van der Waals surface area contributed by atoms with Crippen LogP contribution in [0, 0.1) is 0 Å². The molecule has 0 saturated heterocycles. The summed E-state index contributed by atoms with van der Waals surface area (Å²) in [5.41, 5.74) is 0.833. The highest BCUT2D eigenvalue weighted by Gasteiger charge is 2.11. The SMILES string of the molecule is O=C(O)CCCS(=O)(=O)NCc1ccccc1Br. The highest BCUT2D eigenvalue weighted by molar-refractivity contribution is 9.10. The lowest BCUT2D eigenvalue weighted by molar-refractivity contribution is -0.137. The molecule has 0 fully saturated rings. The van der Waals surface area contributed by atoms with Gasteiger partial charge in [-0.2, -0.15) is 0 Å². The molecular weight excluding hydrogens is 322 g/mol. The minimum Gasteiger partial charge on any atom is -0.481 e. The molecule has 0 aromatic heterocycles. The molecule has 2 N–H and O–H groups in total. The van der Waals surface area contributed by atoms with Crippen molar-refractivity contribution >= 4 is 31.9 Å². The number of carboxylic acids is 1. The van der Waals surface area contributed by atoms with Crippen molar-refractivity contribution < 1.29 is 18.3 Å². The molecule has 0 aliphatic heterocycles. The van der Waals surface area contributed by atoms with E-state index in [1.807, 2.05) is 24.3 Å². The number of hydrogen-bond donors (Lipinski definition) is 2. The summed E-state index contributed by atoms with van der Waals surface area (Å²) in [6, 6.07) is 7.30. The van der Waals surface area contributed by atoms with Crippen LogP contribution in [0.2, 0.25) is 0 Å². The summed E-state index contributed by atoms with van der Waals surface area (Å²) in [5, 5.41) is 8.43. The van der Waals surface area contributed by atoms with Gasteiger partial charge in [0, 0.05) is 17.4 Å². The van der Waals surface area contributed by atoms with Gasteiger partial charge in [0.25, 0.3) is 0 Å². The predicted molar refractivity (Wildman–Crippen MR) is 71.6 cm³/mol. The Hall–Kier alpha value is -0.920. The molecule has 0 unspecified atom stereocenters. The normalized spacial score (nSPS) is 11.4. The van der Waals surface area contributed by atoms with E-state index in [0.29, 0.717) is 0 Å². The summed E-state index contributed by atoms with van der Waals surface area (Å²) in [5.74, 6) is -1.17. The Labute approximate surface area is 114 Å². The van der Waals surface area contributed by atoms with Crippen LogP contribution < -0.4 is 4.72 Å². The zero-order chi connectivity index (χ0) is 13.6. The van der Waals surface area contributed by atoms with Crippen LogP contribution in [0.4, 0.5) is 0 Å². The molecule has 0 radical (unpaired) electrons. The van der Waals surface area contributed by atoms with Gasteiger partial charge in [0.05, 0.1) is 5.75 Å². The van der Waals surface area contributed by atoms with E-state index in [1.54, 1.807) is 0 Å². The quantitative estimate of drug-likeness (QED) is 0.794. The van der Waals surface area contributed by atoms with Gasteiger partial charge in [-0.3, -0.25) is 4.79 Å². The fraction of sp³-hybridized carbons (Fsp3) is 0.364. The maximum absolute atomic E-state index is 11.6. The Morgan fingerprint density at radius 1 is 1.33 bits per heavy atom. The molecule has 7 heteroatoms. The topological polar surface area (TPSA) is 83.5 Å². The first kappa shape index (κ1) is 15.1. The summed E-state index contributed by atoms with van der Waals surface area (Å²) in [6.45, 7) is 0.191. The molecule has 0 bridgehead atoms. The fourth-order valence-corrected chi connectivity index (χ4v) is 2.78. The lowest BCUT2D eigenvalue weighted by atomic mass is 10.2. The summed E-state index contributed by atoms with van der Waals surface area (Å²) in [4.78, 5) is 10.3. The molecule has 0 amide bonds. The number of nitrogens with one attached hydrogen (secondary N) is 1. The van der Waals surface area contributed by atoms with E-state index in [-0.39, 0.29) is 25.1 Å². The Bertz CT molecular complexity index is 516. The number of benzene rings is 1. The van der Waals surface area contributed by atoms with Crippen molar-refractivity contribution in [2.75, 3.05) is 5.75 Å². The Morgan fingerprint density at radius 3 is 2.61 bits per heavy atom. The first-order valence-electron chi connectivity index (χ1n) is 5.33. The number of hydrogen-bond acceptors (Lipinski definition) is 3. The third-order valence-corrected chi connectivity index (χ3v) is 4.43. The lowest BCUT2D eigenvalue weighted by Gasteiger charge is -2.07. The van der Waals surface area contributed by atoms with Gasteiger partial charge in [-0.25, -0.2) is 13.1 Å². The third-order valence-electron chi connectivity index (χ3n) is 2.24. The van der Waals surface area contributed by atoms with Gasteiger partial charge in [-0.05, 0) is 18.1 Å². The minimum atomic E-state index is -3.43. The molecule has 0 atom stereocenters. The number of rotatable bonds is 7. The second-order valence-electron chi connectivity index (χ2n) is 3.73. The van der Waals surface area contributed by atoms with Crippen molar-refractivity contribution in [1.29, 1.82) is 0 Å². The van der Waals surface area contributed by atoms with Gasteiger partial charge in [-0.15, -0.1) is 0 Å². The fourth-order valence-electron chi connectivity index (χ4n) is 1.32. The van der Waals surface area contributed by atoms with E-state index in [9.17, 15) is 13.2 Å². The predicted octanol–water partition coefficient (Wildman–Crippen LogP) is 1.73. The van der Waals surface area contributed by atoms with Crippen LogP contribution in [-0.2, 0) is 21.4 Å². The molecule has 0 saturated carbocycles. The number of carbonyl (C=O) groups is 1. The van der Waals surface area contributed by atoms with Gasteiger partial charge in [-0.1, -0.05) is 34.1 Å². The van der Waals surface area contributed by atoms with Crippen molar-refractivity contribution in [2.45, 2.75) is 19.4 Å². The van der Waals surface area contributed by atoms with Crippen LogP contribution in [0.25, 0.3) is 0 Å². The van der Waals surface area contributed by atoms with Crippen LogP contribution in [0.5, 0.6) is 0 Å². The van der Waals surface area contributed by atoms with E-state index in [2.05, 4.69) is 20.7 Å². The number of aliphatic carboxylic acids is 1. The molecule has 100 valence electrons. The van der Waals surface area contributed by atoms with E-state index in [4.69, 9.17) is 5.11 Å². The van der Waals surface area contributed by atoms with E-state index in [1.165, 1.54) is 0 Å². The molecule has 0 aliphatic carbocycles. The van der Waals surface area contributed by atoms with Gasteiger partial charge in [0.2, 0.25) is 10.0 Å². The Morgan fingerprint density at radius 2 is 2.00 bits per heavy atom. The van der Waals surface area contributed by atoms with E-state index in [0.717, 1.165) is 10.0 Å². The molecule has 0 spiro atoms. The Balaban J connectivity index is 2.47. The van der Waals surface area contributed by atoms with Crippen LogP contribution >= 0.6 is 15.9 Å². The molecular formula is C11H14BrNO4S. The summed E-state index contributed by atoms with van der Waals surface area (Å²) in [6.07, 6.45) is -0.0312. The second kappa shape index (κ2) is 6.86. The van der Waals surface area contributed by atoms with Gasteiger partial charge >= 0.3 is 5.97 Å². The molecule has 18 heavy (non-hydrogen) atoms. The number of carboxylic acid groups (broad SMARTS) is 1. The lowest BCUT2D eigenvalue weighted by Crippen LogP contribution is -2.26.